The van der Waals surface area contributed by atoms with Gasteiger partial charge in [-0.15, -0.1) is 0 Å². The van der Waals surface area contributed by atoms with Gasteiger partial charge in [0.15, 0.2) is 6.29 Å². The number of hydrogen-bond donors (Lipinski definition) is 2. The van der Waals surface area contributed by atoms with Crippen LogP contribution in [0.2, 0.25) is 0 Å². The van der Waals surface area contributed by atoms with Gasteiger partial charge in [-0.1, -0.05) is 6.92 Å². The Morgan fingerprint density at radius 2 is 2.18 bits per heavy atom. The molecule has 1 unspecified atom stereocenters. The van der Waals surface area contributed by atoms with E-state index in [-0.39, 0.29) is 6.04 Å². The van der Waals surface area contributed by atoms with Crippen LogP contribution in [0.1, 0.15) is 25.1 Å². The van der Waals surface area contributed by atoms with Crippen LogP contribution >= 0.6 is 15.9 Å². The van der Waals surface area contributed by atoms with Gasteiger partial charge in [-0.2, -0.15) is 5.10 Å². The fraction of sp³-hybridized carbons (Fsp3) is 0.700. The molecule has 0 saturated heterocycles. The first-order chi connectivity index (χ1) is 8.19. The maximum atomic E-state index is 5.58. The van der Waals surface area contributed by atoms with Gasteiger partial charge in [-0.05, 0) is 22.4 Å². The molecule has 0 aliphatic rings. The highest BCUT2D eigenvalue weighted by Crippen LogP contribution is 2.26. The molecule has 0 spiro atoms. The Morgan fingerprint density at radius 1 is 1.53 bits per heavy atom. The average molecular weight is 307 g/mol. The van der Waals surface area contributed by atoms with Gasteiger partial charge in [0, 0.05) is 20.8 Å². The largest absolute Gasteiger partial charge is 0.354 e. The summed E-state index contributed by atoms with van der Waals surface area (Å²) in [6, 6.07) is -0.284. The van der Waals surface area contributed by atoms with Crippen molar-refractivity contribution in [3.8, 4) is 0 Å². The number of ether oxygens (including phenoxy) is 2. The second-order valence-corrected chi connectivity index (χ2v) is 4.44. The van der Waals surface area contributed by atoms with Crippen LogP contribution in [0.5, 0.6) is 0 Å². The molecule has 0 aliphatic heterocycles. The maximum absolute atomic E-state index is 5.58. The molecule has 0 aliphatic carbocycles. The highest BCUT2D eigenvalue weighted by Gasteiger charge is 2.27. The Morgan fingerprint density at radius 3 is 2.65 bits per heavy atom. The van der Waals surface area contributed by atoms with E-state index in [1.165, 1.54) is 0 Å². The summed E-state index contributed by atoms with van der Waals surface area (Å²) < 4.78 is 13.2. The predicted octanol–water partition coefficient (Wildman–Crippen LogP) is 1.18. The molecular weight excluding hydrogens is 288 g/mol. The summed E-state index contributed by atoms with van der Waals surface area (Å²) in [5, 5.41) is 4.29. The highest BCUT2D eigenvalue weighted by molar-refractivity contribution is 9.10. The zero-order valence-corrected chi connectivity index (χ0v) is 11.9. The van der Waals surface area contributed by atoms with E-state index in [0.717, 1.165) is 23.1 Å². The third-order valence-electron chi connectivity index (χ3n) is 2.48. The van der Waals surface area contributed by atoms with E-state index in [2.05, 4.69) is 33.4 Å². The fourth-order valence-corrected chi connectivity index (χ4v) is 2.27. The van der Waals surface area contributed by atoms with Crippen LogP contribution in [0.4, 0.5) is 0 Å². The van der Waals surface area contributed by atoms with Crippen LogP contribution in [0.25, 0.3) is 0 Å². The van der Waals surface area contributed by atoms with E-state index < -0.39 is 6.29 Å². The van der Waals surface area contributed by atoms with Crippen LogP contribution in [-0.4, -0.2) is 30.3 Å². The molecule has 1 atom stereocenters. The number of nitrogens with two attached hydrogens (primary N) is 1. The van der Waals surface area contributed by atoms with Crippen molar-refractivity contribution in [1.29, 1.82) is 0 Å². The predicted molar refractivity (Wildman–Crippen MR) is 68.1 cm³/mol. The van der Waals surface area contributed by atoms with Crippen LogP contribution < -0.4 is 11.3 Å². The molecule has 1 rings (SSSR count). The summed E-state index contributed by atoms with van der Waals surface area (Å²) in [6.45, 7) is 2.91. The first kappa shape index (κ1) is 14.6. The maximum Gasteiger partial charge on any atom is 0.179 e. The Bertz CT molecular complexity index is 341. The number of nitrogens with zero attached hydrogens (tertiary/aromatic N) is 2. The normalized spacial score (nSPS) is 13.3. The summed E-state index contributed by atoms with van der Waals surface area (Å²) in [7, 11) is 3.15. The number of hydrogen-bond acceptors (Lipinski definition) is 5. The minimum Gasteiger partial charge on any atom is -0.354 e. The lowest BCUT2D eigenvalue weighted by atomic mass is 10.2. The summed E-state index contributed by atoms with van der Waals surface area (Å²) in [6.07, 6.45) is 2.27. The first-order valence-corrected chi connectivity index (χ1v) is 6.21. The quantitative estimate of drug-likeness (QED) is 0.449. The van der Waals surface area contributed by atoms with Crippen molar-refractivity contribution in [2.45, 2.75) is 32.2 Å². The molecule has 0 bridgehead atoms. The zero-order chi connectivity index (χ0) is 12.8. The van der Waals surface area contributed by atoms with E-state index in [0.29, 0.717) is 0 Å². The molecule has 6 nitrogen and oxygen atoms in total. The number of rotatable bonds is 7. The van der Waals surface area contributed by atoms with E-state index >= 15 is 0 Å². The standard InChI is InChI=1S/C10H19BrN4O2/c1-4-5-15-9(7(11)6-13-15)8(14-12)10(16-2)17-3/h6,8,10,14H,4-5,12H2,1-3H3. The van der Waals surface area contributed by atoms with Gasteiger partial charge >= 0.3 is 0 Å². The molecular formula is C10H19BrN4O2. The summed E-state index contributed by atoms with van der Waals surface area (Å²) in [4.78, 5) is 0. The van der Waals surface area contributed by atoms with Gasteiger partial charge in [0.05, 0.1) is 16.4 Å². The van der Waals surface area contributed by atoms with E-state index in [4.69, 9.17) is 15.3 Å². The van der Waals surface area contributed by atoms with E-state index in [1.807, 2.05) is 4.68 Å². The Labute approximate surface area is 110 Å². The van der Waals surface area contributed by atoms with Gasteiger partial charge in [0.2, 0.25) is 0 Å². The Hall–Kier alpha value is -0.470. The molecule has 7 heteroatoms. The van der Waals surface area contributed by atoms with Crippen LogP contribution in [0.3, 0.4) is 0 Å². The zero-order valence-electron chi connectivity index (χ0n) is 10.3. The van der Waals surface area contributed by atoms with Crippen molar-refractivity contribution in [2.24, 2.45) is 5.84 Å². The third-order valence-corrected chi connectivity index (χ3v) is 3.09. The smallest absolute Gasteiger partial charge is 0.179 e. The number of halogens is 1. The average Bonchev–Trinajstić information content (AvgIpc) is 2.68. The van der Waals surface area contributed by atoms with Crippen LogP contribution in [0, 0.1) is 0 Å². The lowest BCUT2D eigenvalue weighted by molar-refractivity contribution is -0.125. The molecule has 17 heavy (non-hydrogen) atoms. The lowest BCUT2D eigenvalue weighted by Crippen LogP contribution is -2.40. The van der Waals surface area contributed by atoms with Gasteiger partial charge in [0.25, 0.3) is 0 Å². The third kappa shape index (κ3) is 3.26. The van der Waals surface area contributed by atoms with Gasteiger partial charge in [-0.25, -0.2) is 5.43 Å². The van der Waals surface area contributed by atoms with Crippen LogP contribution in [0.15, 0.2) is 10.7 Å². The second-order valence-electron chi connectivity index (χ2n) is 3.59. The van der Waals surface area contributed by atoms with Crippen molar-refractivity contribution in [3.05, 3.63) is 16.4 Å². The molecule has 0 fully saturated rings. The Kier molecular flexibility index (Phi) is 6.07. The molecule has 0 radical (unpaired) electrons. The van der Waals surface area contributed by atoms with Crippen LogP contribution in [-0.2, 0) is 16.0 Å². The number of aromatic nitrogens is 2. The highest BCUT2D eigenvalue weighted by atomic mass is 79.9. The van der Waals surface area contributed by atoms with Crippen molar-refractivity contribution >= 4 is 15.9 Å². The first-order valence-electron chi connectivity index (χ1n) is 5.42. The van der Waals surface area contributed by atoms with Crippen molar-refractivity contribution < 1.29 is 9.47 Å². The molecule has 1 aromatic heterocycles. The monoisotopic (exact) mass is 306 g/mol. The van der Waals surface area contributed by atoms with Crippen molar-refractivity contribution in [2.75, 3.05) is 14.2 Å². The number of hydrazine groups is 1. The minimum atomic E-state index is -0.469. The molecule has 98 valence electrons. The Balaban J connectivity index is 3.04. The number of methoxy groups -OCH3 is 2. The topological polar surface area (TPSA) is 74.3 Å². The lowest BCUT2D eigenvalue weighted by Gasteiger charge is -2.25. The molecule has 0 amide bonds. The molecule has 3 N–H and O–H groups in total. The number of nitrogens with one attached hydrogen (secondary N) is 1. The van der Waals surface area contributed by atoms with Crippen molar-refractivity contribution in [3.63, 3.8) is 0 Å². The second kappa shape index (κ2) is 7.07. The SMILES string of the molecule is CCCn1ncc(Br)c1C(NN)C(OC)OC. The fourth-order valence-electron chi connectivity index (χ4n) is 1.73. The molecule has 1 aromatic rings. The van der Waals surface area contributed by atoms with Gasteiger partial charge < -0.3 is 9.47 Å². The minimum absolute atomic E-state index is 0.284. The summed E-state index contributed by atoms with van der Waals surface area (Å²) in [5.41, 5.74) is 3.62. The molecule has 0 aromatic carbocycles. The summed E-state index contributed by atoms with van der Waals surface area (Å²) in [5.74, 6) is 5.58. The van der Waals surface area contributed by atoms with E-state index in [1.54, 1.807) is 20.4 Å². The number of aryl methyl sites for hydroxylation is 1. The van der Waals surface area contributed by atoms with Gasteiger partial charge in [0.1, 0.15) is 6.04 Å². The molecule has 1 heterocycles. The summed E-state index contributed by atoms with van der Waals surface area (Å²) >= 11 is 3.47. The van der Waals surface area contributed by atoms with E-state index in [9.17, 15) is 0 Å². The van der Waals surface area contributed by atoms with Crippen molar-refractivity contribution in [1.82, 2.24) is 15.2 Å². The molecule has 0 saturated carbocycles. The van der Waals surface area contributed by atoms with Gasteiger partial charge in [-0.3, -0.25) is 10.5 Å².